The molecule has 0 unspecified atom stereocenters. The number of nitrogens with one attached hydrogen (secondary N) is 1. The molecule has 0 aliphatic rings. The largest absolute Gasteiger partial charge is 0.485 e. The Morgan fingerprint density at radius 3 is 2.41 bits per heavy atom. The third-order valence-corrected chi connectivity index (χ3v) is 3.80. The number of rotatable bonds is 4. The van der Waals surface area contributed by atoms with E-state index in [1.807, 2.05) is 48.5 Å². The van der Waals surface area contributed by atoms with Crippen molar-refractivity contribution in [1.29, 1.82) is 0 Å². The van der Waals surface area contributed by atoms with Gasteiger partial charge in [0.05, 0.1) is 5.69 Å². The molecular formula is C22H22FNO3. The van der Waals surface area contributed by atoms with Crippen molar-refractivity contribution in [3.63, 3.8) is 0 Å². The highest BCUT2D eigenvalue weighted by Gasteiger charge is 2.20. The first-order chi connectivity index (χ1) is 12.8. The number of amides is 1. The highest BCUT2D eigenvalue weighted by Crippen LogP contribution is 2.35. The highest BCUT2D eigenvalue weighted by molar-refractivity contribution is 5.95. The molecule has 0 saturated heterocycles. The Balaban J connectivity index is 1.93. The molecule has 4 nitrogen and oxygen atoms in total. The summed E-state index contributed by atoms with van der Waals surface area (Å²) in [5.41, 5.74) is 0.266. The fourth-order valence-electron chi connectivity index (χ4n) is 2.66. The maximum Gasteiger partial charge on any atom is 0.412 e. The Hall–Kier alpha value is -3.08. The number of hydrogen-bond donors (Lipinski definition) is 1. The topological polar surface area (TPSA) is 47.6 Å². The second kappa shape index (κ2) is 7.66. The van der Waals surface area contributed by atoms with Gasteiger partial charge in [-0.25, -0.2) is 9.18 Å². The minimum atomic E-state index is -0.717. The van der Waals surface area contributed by atoms with Gasteiger partial charge in [0.2, 0.25) is 0 Å². The van der Waals surface area contributed by atoms with Gasteiger partial charge in [-0.2, -0.15) is 0 Å². The van der Waals surface area contributed by atoms with E-state index in [0.29, 0.717) is 5.39 Å². The summed E-state index contributed by atoms with van der Waals surface area (Å²) in [5.74, 6) is -0.529. The maximum atomic E-state index is 15.1. The van der Waals surface area contributed by atoms with Gasteiger partial charge in [0.1, 0.15) is 12.2 Å². The van der Waals surface area contributed by atoms with Gasteiger partial charge in [-0.1, -0.05) is 54.6 Å². The lowest BCUT2D eigenvalue weighted by molar-refractivity contribution is 0.0635. The summed E-state index contributed by atoms with van der Waals surface area (Å²) in [4.78, 5) is 12.1. The summed E-state index contributed by atoms with van der Waals surface area (Å²) in [5, 5.41) is 3.88. The van der Waals surface area contributed by atoms with Gasteiger partial charge < -0.3 is 9.47 Å². The zero-order valence-electron chi connectivity index (χ0n) is 15.6. The van der Waals surface area contributed by atoms with Gasteiger partial charge in [0.25, 0.3) is 0 Å². The number of anilines is 1. The monoisotopic (exact) mass is 367 g/mol. The predicted molar refractivity (Wildman–Crippen MR) is 105 cm³/mol. The van der Waals surface area contributed by atoms with E-state index in [-0.39, 0.29) is 18.0 Å². The van der Waals surface area contributed by atoms with Crippen LogP contribution in [0, 0.1) is 5.82 Å². The van der Waals surface area contributed by atoms with Crippen molar-refractivity contribution in [2.24, 2.45) is 0 Å². The van der Waals surface area contributed by atoms with Crippen LogP contribution in [0.4, 0.5) is 14.9 Å². The van der Waals surface area contributed by atoms with Gasteiger partial charge in [-0.05, 0) is 37.8 Å². The first-order valence-electron chi connectivity index (χ1n) is 8.71. The van der Waals surface area contributed by atoms with Crippen LogP contribution in [-0.4, -0.2) is 11.7 Å². The van der Waals surface area contributed by atoms with Crippen molar-refractivity contribution in [3.05, 3.63) is 72.0 Å². The molecule has 5 heteroatoms. The Labute approximate surface area is 157 Å². The third kappa shape index (κ3) is 4.76. The quantitative estimate of drug-likeness (QED) is 0.624. The molecule has 1 amide bonds. The molecule has 0 saturated carbocycles. The van der Waals surface area contributed by atoms with Gasteiger partial charge in [0, 0.05) is 5.39 Å². The van der Waals surface area contributed by atoms with E-state index in [2.05, 4.69) is 5.32 Å². The molecule has 140 valence electrons. The number of carbonyl (C=O) groups excluding carboxylic acids is 1. The SMILES string of the molecule is CC(C)(C)OC(=O)Nc1cc2ccccc2c(OCc2ccccc2)c1F. The molecule has 0 bridgehead atoms. The molecule has 0 radical (unpaired) electrons. The lowest BCUT2D eigenvalue weighted by Crippen LogP contribution is -2.27. The fraction of sp³-hybridized carbons (Fsp3) is 0.227. The van der Waals surface area contributed by atoms with E-state index in [9.17, 15) is 4.79 Å². The van der Waals surface area contributed by atoms with Crippen LogP contribution in [0.3, 0.4) is 0 Å². The Bertz CT molecular complexity index is 949. The molecular weight excluding hydrogens is 345 g/mol. The number of ether oxygens (including phenoxy) is 2. The smallest absolute Gasteiger partial charge is 0.412 e. The van der Waals surface area contributed by atoms with E-state index in [0.717, 1.165) is 10.9 Å². The second-order valence-corrected chi connectivity index (χ2v) is 7.19. The lowest BCUT2D eigenvalue weighted by atomic mass is 10.1. The number of carbonyl (C=O) groups is 1. The van der Waals surface area contributed by atoms with Gasteiger partial charge >= 0.3 is 6.09 Å². The molecule has 3 aromatic carbocycles. The average Bonchev–Trinajstić information content (AvgIpc) is 2.61. The molecule has 0 aliphatic heterocycles. The summed E-state index contributed by atoms with van der Waals surface area (Å²) < 4.78 is 26.1. The Kier molecular flexibility index (Phi) is 5.31. The van der Waals surface area contributed by atoms with Crippen LogP contribution in [0.1, 0.15) is 26.3 Å². The number of halogens is 1. The summed E-state index contributed by atoms with van der Waals surface area (Å²) >= 11 is 0. The Morgan fingerprint density at radius 1 is 1.04 bits per heavy atom. The van der Waals surface area contributed by atoms with Crippen LogP contribution >= 0.6 is 0 Å². The van der Waals surface area contributed by atoms with E-state index in [1.54, 1.807) is 32.9 Å². The van der Waals surface area contributed by atoms with E-state index < -0.39 is 17.5 Å². The first kappa shape index (κ1) is 18.7. The summed E-state index contributed by atoms with van der Waals surface area (Å²) in [6, 6.07) is 18.4. The van der Waals surface area contributed by atoms with Crippen LogP contribution < -0.4 is 10.1 Å². The zero-order valence-corrected chi connectivity index (χ0v) is 15.6. The molecule has 0 fully saturated rings. The lowest BCUT2D eigenvalue weighted by Gasteiger charge is -2.20. The number of hydrogen-bond acceptors (Lipinski definition) is 3. The van der Waals surface area contributed by atoms with Crippen LogP contribution in [0.2, 0.25) is 0 Å². The number of fused-ring (bicyclic) bond motifs is 1. The van der Waals surface area contributed by atoms with Gasteiger partial charge in [0.15, 0.2) is 11.6 Å². The zero-order chi connectivity index (χ0) is 19.4. The molecule has 1 N–H and O–H groups in total. The van der Waals surface area contributed by atoms with Crippen LogP contribution in [-0.2, 0) is 11.3 Å². The predicted octanol–water partition coefficient (Wildman–Crippen LogP) is 5.90. The Morgan fingerprint density at radius 2 is 1.70 bits per heavy atom. The van der Waals surface area contributed by atoms with Crippen molar-refractivity contribution in [2.45, 2.75) is 33.0 Å². The summed E-state index contributed by atoms with van der Waals surface area (Å²) in [6.07, 6.45) is -0.717. The molecule has 0 aliphatic carbocycles. The normalized spacial score (nSPS) is 11.3. The van der Waals surface area contributed by atoms with E-state index in [4.69, 9.17) is 9.47 Å². The van der Waals surface area contributed by atoms with Crippen LogP contribution in [0.5, 0.6) is 5.75 Å². The van der Waals surface area contributed by atoms with Gasteiger partial charge in [-0.3, -0.25) is 5.32 Å². The molecule has 27 heavy (non-hydrogen) atoms. The number of benzene rings is 3. The molecule has 0 spiro atoms. The second-order valence-electron chi connectivity index (χ2n) is 7.19. The van der Waals surface area contributed by atoms with Crippen molar-refractivity contribution >= 4 is 22.6 Å². The van der Waals surface area contributed by atoms with Crippen molar-refractivity contribution < 1.29 is 18.7 Å². The standard InChI is InChI=1S/C22H22FNO3/c1-22(2,3)27-21(25)24-18-13-16-11-7-8-12-17(16)20(19(18)23)26-14-15-9-5-4-6-10-15/h4-13H,14H2,1-3H3,(H,24,25). The van der Waals surface area contributed by atoms with E-state index >= 15 is 4.39 Å². The van der Waals surface area contributed by atoms with Crippen LogP contribution in [0.25, 0.3) is 10.8 Å². The summed E-state index contributed by atoms with van der Waals surface area (Å²) in [6.45, 7) is 5.46. The first-order valence-corrected chi connectivity index (χ1v) is 8.71. The molecule has 0 heterocycles. The maximum absolute atomic E-state index is 15.1. The highest BCUT2D eigenvalue weighted by atomic mass is 19.1. The molecule has 3 aromatic rings. The van der Waals surface area contributed by atoms with E-state index in [1.165, 1.54) is 0 Å². The average molecular weight is 367 g/mol. The molecule has 0 aromatic heterocycles. The van der Waals surface area contributed by atoms with Crippen LogP contribution in [0.15, 0.2) is 60.7 Å². The van der Waals surface area contributed by atoms with Gasteiger partial charge in [-0.15, -0.1) is 0 Å². The van der Waals surface area contributed by atoms with Crippen molar-refractivity contribution in [2.75, 3.05) is 5.32 Å². The minimum Gasteiger partial charge on any atom is -0.485 e. The van der Waals surface area contributed by atoms with Crippen molar-refractivity contribution in [3.8, 4) is 5.75 Å². The third-order valence-electron chi connectivity index (χ3n) is 3.80. The van der Waals surface area contributed by atoms with Crippen molar-refractivity contribution in [1.82, 2.24) is 0 Å². The molecule has 3 rings (SSSR count). The minimum absolute atomic E-state index is 0.0195. The molecule has 0 atom stereocenters. The fourth-order valence-corrected chi connectivity index (χ4v) is 2.66. The summed E-state index contributed by atoms with van der Waals surface area (Å²) in [7, 11) is 0.